The highest BCUT2D eigenvalue weighted by atomic mass is 19.1. The summed E-state index contributed by atoms with van der Waals surface area (Å²) in [5.74, 6) is 1.09. The van der Waals surface area contributed by atoms with Crippen molar-refractivity contribution in [2.45, 2.75) is 26.7 Å². The molecular formula is C14H16FN3. The van der Waals surface area contributed by atoms with Gasteiger partial charge in [-0.3, -0.25) is 0 Å². The van der Waals surface area contributed by atoms with Crippen LogP contribution in [0.4, 0.5) is 10.2 Å². The Balaban J connectivity index is 2.56. The molecule has 0 saturated heterocycles. The molecule has 0 spiro atoms. The van der Waals surface area contributed by atoms with Crippen LogP contribution in [0.1, 0.15) is 31.2 Å². The molecule has 0 aliphatic carbocycles. The van der Waals surface area contributed by atoms with Crippen molar-refractivity contribution in [3.05, 3.63) is 41.5 Å². The van der Waals surface area contributed by atoms with E-state index in [0.29, 0.717) is 11.6 Å². The zero-order chi connectivity index (χ0) is 13.3. The van der Waals surface area contributed by atoms with Gasteiger partial charge in [-0.25, -0.2) is 14.4 Å². The molecule has 94 valence electrons. The molecule has 4 heteroatoms. The molecular weight excluding hydrogens is 229 g/mol. The molecule has 0 aliphatic heterocycles. The molecule has 2 N–H and O–H groups in total. The van der Waals surface area contributed by atoms with Crippen LogP contribution in [0.5, 0.6) is 0 Å². The molecule has 18 heavy (non-hydrogen) atoms. The first-order chi connectivity index (χ1) is 8.47. The van der Waals surface area contributed by atoms with Crippen LogP contribution in [0.2, 0.25) is 0 Å². The minimum atomic E-state index is -0.248. The molecule has 2 aromatic rings. The van der Waals surface area contributed by atoms with E-state index in [1.807, 2.05) is 20.8 Å². The Morgan fingerprint density at radius 2 is 1.89 bits per heavy atom. The van der Waals surface area contributed by atoms with E-state index in [9.17, 15) is 4.39 Å². The Bertz CT molecular complexity index is 579. The van der Waals surface area contributed by atoms with Gasteiger partial charge in [0.05, 0.1) is 5.69 Å². The van der Waals surface area contributed by atoms with Gasteiger partial charge in [0.1, 0.15) is 17.5 Å². The van der Waals surface area contributed by atoms with Crippen molar-refractivity contribution in [3.8, 4) is 11.3 Å². The quantitative estimate of drug-likeness (QED) is 0.883. The van der Waals surface area contributed by atoms with Crippen LogP contribution >= 0.6 is 0 Å². The predicted molar refractivity (Wildman–Crippen MR) is 70.7 cm³/mol. The summed E-state index contributed by atoms with van der Waals surface area (Å²) in [5, 5.41) is 0. The summed E-state index contributed by atoms with van der Waals surface area (Å²) in [6.07, 6.45) is 0. The van der Waals surface area contributed by atoms with Gasteiger partial charge in [0.25, 0.3) is 0 Å². The van der Waals surface area contributed by atoms with Crippen molar-refractivity contribution in [2.24, 2.45) is 0 Å². The molecule has 0 amide bonds. The largest absolute Gasteiger partial charge is 0.384 e. The Kier molecular flexibility index (Phi) is 3.28. The van der Waals surface area contributed by atoms with E-state index >= 15 is 0 Å². The highest BCUT2D eigenvalue weighted by Gasteiger charge is 2.10. The maximum absolute atomic E-state index is 13.1. The second kappa shape index (κ2) is 4.72. The summed E-state index contributed by atoms with van der Waals surface area (Å²) in [7, 11) is 0. The number of aromatic nitrogens is 2. The number of nitrogen functional groups attached to an aromatic ring is 1. The van der Waals surface area contributed by atoms with E-state index in [2.05, 4.69) is 9.97 Å². The molecule has 3 nitrogen and oxygen atoms in total. The fourth-order valence-electron chi connectivity index (χ4n) is 1.80. The fraction of sp³-hybridized carbons (Fsp3) is 0.286. The molecule has 1 aromatic carbocycles. The molecule has 0 saturated carbocycles. The minimum absolute atomic E-state index is 0.202. The van der Waals surface area contributed by atoms with Crippen molar-refractivity contribution < 1.29 is 4.39 Å². The third-order valence-corrected chi connectivity index (χ3v) is 2.74. The van der Waals surface area contributed by atoms with Crippen LogP contribution in [0.3, 0.4) is 0 Å². The van der Waals surface area contributed by atoms with Gasteiger partial charge in [-0.1, -0.05) is 13.8 Å². The first kappa shape index (κ1) is 12.5. The highest BCUT2D eigenvalue weighted by molar-refractivity contribution is 5.65. The number of hydrogen-bond acceptors (Lipinski definition) is 3. The van der Waals surface area contributed by atoms with Crippen LogP contribution < -0.4 is 5.73 Å². The molecule has 1 heterocycles. The van der Waals surface area contributed by atoms with Gasteiger partial charge >= 0.3 is 0 Å². The summed E-state index contributed by atoms with van der Waals surface area (Å²) in [6.45, 7) is 5.87. The van der Waals surface area contributed by atoms with Crippen LogP contribution in [0.25, 0.3) is 11.3 Å². The SMILES string of the molecule is Cc1cc(F)ccc1-c1cc(N)nc(C(C)C)n1. The van der Waals surface area contributed by atoms with Gasteiger partial charge in [0, 0.05) is 17.5 Å². The molecule has 0 radical (unpaired) electrons. The molecule has 0 atom stereocenters. The average molecular weight is 245 g/mol. The van der Waals surface area contributed by atoms with Crippen molar-refractivity contribution in [1.29, 1.82) is 0 Å². The van der Waals surface area contributed by atoms with E-state index < -0.39 is 0 Å². The maximum atomic E-state index is 13.1. The maximum Gasteiger partial charge on any atom is 0.133 e. The lowest BCUT2D eigenvalue weighted by atomic mass is 10.0. The number of nitrogens with two attached hydrogens (primary N) is 1. The lowest BCUT2D eigenvalue weighted by molar-refractivity contribution is 0.627. The number of halogens is 1. The van der Waals surface area contributed by atoms with Gasteiger partial charge < -0.3 is 5.73 Å². The second-order valence-electron chi connectivity index (χ2n) is 4.65. The Labute approximate surface area is 106 Å². The van der Waals surface area contributed by atoms with Crippen LogP contribution in [-0.4, -0.2) is 9.97 Å². The standard InChI is InChI=1S/C14H16FN3/c1-8(2)14-17-12(7-13(16)18-14)11-5-4-10(15)6-9(11)3/h4-8H,1-3H3,(H2,16,17,18). The van der Waals surface area contributed by atoms with E-state index in [4.69, 9.17) is 5.73 Å². The third kappa shape index (κ3) is 2.47. The molecule has 0 aliphatic rings. The Hall–Kier alpha value is -1.97. The van der Waals surface area contributed by atoms with Gasteiger partial charge in [0.2, 0.25) is 0 Å². The van der Waals surface area contributed by atoms with Crippen LogP contribution in [-0.2, 0) is 0 Å². The zero-order valence-corrected chi connectivity index (χ0v) is 10.7. The highest BCUT2D eigenvalue weighted by Crippen LogP contribution is 2.25. The summed E-state index contributed by atoms with van der Waals surface area (Å²) >= 11 is 0. The van der Waals surface area contributed by atoms with Gasteiger partial charge in [-0.05, 0) is 30.7 Å². The number of aryl methyl sites for hydroxylation is 1. The first-order valence-electron chi connectivity index (χ1n) is 5.88. The summed E-state index contributed by atoms with van der Waals surface area (Å²) in [5.41, 5.74) is 8.25. The van der Waals surface area contributed by atoms with Crippen molar-refractivity contribution >= 4 is 5.82 Å². The van der Waals surface area contributed by atoms with Gasteiger partial charge in [-0.15, -0.1) is 0 Å². The van der Waals surface area contributed by atoms with Crippen LogP contribution in [0.15, 0.2) is 24.3 Å². The zero-order valence-electron chi connectivity index (χ0n) is 10.7. The Morgan fingerprint density at radius 1 is 1.17 bits per heavy atom. The second-order valence-corrected chi connectivity index (χ2v) is 4.65. The molecule has 1 aromatic heterocycles. The topological polar surface area (TPSA) is 51.8 Å². The lowest BCUT2D eigenvalue weighted by Crippen LogP contribution is -2.03. The smallest absolute Gasteiger partial charge is 0.133 e. The third-order valence-electron chi connectivity index (χ3n) is 2.74. The first-order valence-corrected chi connectivity index (χ1v) is 5.88. The molecule has 0 bridgehead atoms. The van der Waals surface area contributed by atoms with Crippen molar-refractivity contribution in [2.75, 3.05) is 5.73 Å². The number of nitrogens with zero attached hydrogens (tertiary/aromatic N) is 2. The number of benzene rings is 1. The molecule has 2 rings (SSSR count). The monoisotopic (exact) mass is 245 g/mol. The summed E-state index contributed by atoms with van der Waals surface area (Å²) in [4.78, 5) is 8.68. The van der Waals surface area contributed by atoms with E-state index in [1.54, 1.807) is 12.1 Å². The Morgan fingerprint density at radius 3 is 2.50 bits per heavy atom. The van der Waals surface area contributed by atoms with E-state index in [-0.39, 0.29) is 11.7 Å². The summed E-state index contributed by atoms with van der Waals surface area (Å²) < 4.78 is 13.1. The number of hydrogen-bond donors (Lipinski definition) is 1. The number of anilines is 1. The van der Waals surface area contributed by atoms with Gasteiger partial charge in [-0.2, -0.15) is 0 Å². The average Bonchev–Trinajstić information content (AvgIpc) is 2.27. The normalized spacial score (nSPS) is 10.9. The number of rotatable bonds is 2. The minimum Gasteiger partial charge on any atom is -0.384 e. The molecule has 0 fully saturated rings. The van der Waals surface area contributed by atoms with E-state index in [0.717, 1.165) is 16.8 Å². The summed E-state index contributed by atoms with van der Waals surface area (Å²) in [6, 6.07) is 6.35. The lowest BCUT2D eigenvalue weighted by Gasteiger charge is -2.10. The van der Waals surface area contributed by atoms with Crippen LogP contribution in [0, 0.1) is 12.7 Å². The van der Waals surface area contributed by atoms with Crippen molar-refractivity contribution in [1.82, 2.24) is 9.97 Å². The van der Waals surface area contributed by atoms with Crippen molar-refractivity contribution in [3.63, 3.8) is 0 Å². The van der Waals surface area contributed by atoms with E-state index in [1.165, 1.54) is 12.1 Å². The molecule has 0 unspecified atom stereocenters. The predicted octanol–water partition coefficient (Wildman–Crippen LogP) is 3.30. The van der Waals surface area contributed by atoms with Gasteiger partial charge in [0.15, 0.2) is 0 Å². The fourth-order valence-corrected chi connectivity index (χ4v) is 1.80.